The van der Waals surface area contributed by atoms with Crippen molar-refractivity contribution in [1.29, 1.82) is 0 Å². The lowest BCUT2D eigenvalue weighted by Gasteiger charge is -2.19. The number of allylic oxidation sites excluding steroid dienone is 1. The molecule has 0 radical (unpaired) electrons. The fraction of sp³-hybridized carbons (Fsp3) is 0.800. The van der Waals surface area contributed by atoms with Crippen LogP contribution in [0.1, 0.15) is 27.2 Å². The molecule has 0 aliphatic carbocycles. The SMILES string of the molecule is CC(C)=CC(N)C1OCCC1C. The van der Waals surface area contributed by atoms with E-state index in [1.165, 1.54) is 5.57 Å². The van der Waals surface area contributed by atoms with Crippen LogP contribution in [-0.2, 0) is 4.74 Å². The highest BCUT2D eigenvalue weighted by Gasteiger charge is 2.28. The smallest absolute Gasteiger partial charge is 0.0788 e. The van der Waals surface area contributed by atoms with Gasteiger partial charge in [0.25, 0.3) is 0 Å². The van der Waals surface area contributed by atoms with Crippen molar-refractivity contribution in [2.75, 3.05) is 6.61 Å². The summed E-state index contributed by atoms with van der Waals surface area (Å²) in [5, 5.41) is 0. The van der Waals surface area contributed by atoms with E-state index in [-0.39, 0.29) is 12.1 Å². The minimum Gasteiger partial charge on any atom is -0.376 e. The highest BCUT2D eigenvalue weighted by Crippen LogP contribution is 2.22. The third kappa shape index (κ3) is 2.32. The molecule has 2 heteroatoms. The van der Waals surface area contributed by atoms with Gasteiger partial charge in [-0.15, -0.1) is 0 Å². The first kappa shape index (κ1) is 9.75. The van der Waals surface area contributed by atoms with Gasteiger partial charge in [0.05, 0.1) is 6.10 Å². The maximum atomic E-state index is 5.97. The molecule has 0 aromatic heterocycles. The Bertz CT molecular complexity index is 173. The van der Waals surface area contributed by atoms with Crippen molar-refractivity contribution >= 4 is 0 Å². The molecule has 2 nitrogen and oxygen atoms in total. The minimum atomic E-state index is 0.0764. The first-order chi connectivity index (χ1) is 5.61. The zero-order valence-corrected chi connectivity index (χ0v) is 8.21. The average Bonchev–Trinajstić information content (AvgIpc) is 2.33. The molecule has 0 spiro atoms. The Morgan fingerprint density at radius 2 is 2.25 bits per heavy atom. The van der Waals surface area contributed by atoms with Crippen molar-refractivity contribution in [3.63, 3.8) is 0 Å². The van der Waals surface area contributed by atoms with Gasteiger partial charge in [-0.3, -0.25) is 0 Å². The van der Waals surface area contributed by atoms with E-state index in [4.69, 9.17) is 10.5 Å². The molecule has 3 atom stereocenters. The molecule has 1 heterocycles. The third-order valence-electron chi connectivity index (χ3n) is 2.35. The van der Waals surface area contributed by atoms with Crippen LogP contribution in [0.3, 0.4) is 0 Å². The molecule has 0 amide bonds. The van der Waals surface area contributed by atoms with Gasteiger partial charge in [-0.1, -0.05) is 18.6 Å². The Morgan fingerprint density at radius 1 is 1.58 bits per heavy atom. The van der Waals surface area contributed by atoms with Crippen LogP contribution in [-0.4, -0.2) is 18.8 Å². The van der Waals surface area contributed by atoms with Crippen LogP contribution in [0, 0.1) is 5.92 Å². The molecule has 1 fully saturated rings. The maximum Gasteiger partial charge on any atom is 0.0788 e. The van der Waals surface area contributed by atoms with Gasteiger partial charge >= 0.3 is 0 Å². The highest BCUT2D eigenvalue weighted by molar-refractivity contribution is 5.04. The van der Waals surface area contributed by atoms with Gasteiger partial charge < -0.3 is 10.5 Å². The van der Waals surface area contributed by atoms with Gasteiger partial charge in [-0.2, -0.15) is 0 Å². The van der Waals surface area contributed by atoms with Crippen molar-refractivity contribution in [3.8, 4) is 0 Å². The summed E-state index contributed by atoms with van der Waals surface area (Å²) in [6, 6.07) is 0.0764. The monoisotopic (exact) mass is 169 g/mol. The molecule has 0 aromatic carbocycles. The van der Waals surface area contributed by atoms with Crippen LogP contribution >= 0.6 is 0 Å². The average molecular weight is 169 g/mol. The fourth-order valence-electron chi connectivity index (χ4n) is 1.69. The molecule has 1 saturated heterocycles. The maximum absolute atomic E-state index is 5.97. The predicted molar refractivity (Wildman–Crippen MR) is 50.9 cm³/mol. The standard InChI is InChI=1S/C10H19NO/c1-7(2)6-9(11)10-8(3)4-5-12-10/h6,8-10H,4-5,11H2,1-3H3. The van der Waals surface area contributed by atoms with Gasteiger partial charge in [0.15, 0.2) is 0 Å². The molecule has 3 unspecified atom stereocenters. The Hall–Kier alpha value is -0.340. The normalized spacial score (nSPS) is 31.7. The third-order valence-corrected chi connectivity index (χ3v) is 2.35. The van der Waals surface area contributed by atoms with E-state index >= 15 is 0 Å². The first-order valence-corrected chi connectivity index (χ1v) is 4.63. The van der Waals surface area contributed by atoms with Crippen LogP contribution in [0.25, 0.3) is 0 Å². The summed E-state index contributed by atoms with van der Waals surface area (Å²) < 4.78 is 5.56. The van der Waals surface area contributed by atoms with E-state index < -0.39 is 0 Å². The summed E-state index contributed by atoms with van der Waals surface area (Å²) in [5.41, 5.74) is 7.24. The number of rotatable bonds is 2. The molecule has 0 aromatic rings. The minimum absolute atomic E-state index is 0.0764. The molecule has 1 rings (SSSR count). The fourth-order valence-corrected chi connectivity index (χ4v) is 1.69. The van der Waals surface area contributed by atoms with Crippen LogP contribution in [0.5, 0.6) is 0 Å². The van der Waals surface area contributed by atoms with Crippen molar-refractivity contribution in [1.82, 2.24) is 0 Å². The molecular formula is C10H19NO. The molecule has 70 valence electrons. The van der Waals surface area contributed by atoms with Gasteiger partial charge in [-0.25, -0.2) is 0 Å². The largest absolute Gasteiger partial charge is 0.376 e. The zero-order valence-electron chi connectivity index (χ0n) is 8.21. The van der Waals surface area contributed by atoms with Gasteiger partial charge in [-0.05, 0) is 26.2 Å². The van der Waals surface area contributed by atoms with E-state index in [1.807, 2.05) is 0 Å². The Labute approximate surface area is 74.8 Å². The van der Waals surface area contributed by atoms with E-state index in [0.717, 1.165) is 13.0 Å². The number of hydrogen-bond acceptors (Lipinski definition) is 2. The lowest BCUT2D eigenvalue weighted by molar-refractivity contribution is 0.0840. The van der Waals surface area contributed by atoms with Crippen LogP contribution < -0.4 is 5.73 Å². The van der Waals surface area contributed by atoms with Gasteiger partial charge in [0.1, 0.15) is 0 Å². The van der Waals surface area contributed by atoms with Crippen molar-refractivity contribution in [2.45, 2.75) is 39.3 Å². The molecule has 0 saturated carbocycles. The van der Waals surface area contributed by atoms with Crippen molar-refractivity contribution in [3.05, 3.63) is 11.6 Å². The van der Waals surface area contributed by atoms with Gasteiger partial charge in [0.2, 0.25) is 0 Å². The molecule has 0 bridgehead atoms. The summed E-state index contributed by atoms with van der Waals surface area (Å²) in [7, 11) is 0. The Balaban J connectivity index is 2.51. The van der Waals surface area contributed by atoms with E-state index in [9.17, 15) is 0 Å². The number of ether oxygens (including phenoxy) is 1. The zero-order chi connectivity index (χ0) is 9.14. The second-order valence-electron chi connectivity index (χ2n) is 3.92. The summed E-state index contributed by atoms with van der Waals surface area (Å²) in [6.45, 7) is 7.21. The van der Waals surface area contributed by atoms with E-state index in [2.05, 4.69) is 26.8 Å². The Kier molecular flexibility index (Phi) is 3.29. The van der Waals surface area contributed by atoms with Crippen LogP contribution in [0.4, 0.5) is 0 Å². The second kappa shape index (κ2) is 4.06. The van der Waals surface area contributed by atoms with Crippen LogP contribution in [0.2, 0.25) is 0 Å². The molecule has 1 aliphatic heterocycles. The molecule has 2 N–H and O–H groups in total. The lowest BCUT2D eigenvalue weighted by Crippen LogP contribution is -2.36. The molecular weight excluding hydrogens is 150 g/mol. The molecule has 12 heavy (non-hydrogen) atoms. The quantitative estimate of drug-likeness (QED) is 0.639. The summed E-state index contributed by atoms with van der Waals surface area (Å²) in [6.07, 6.45) is 3.47. The summed E-state index contributed by atoms with van der Waals surface area (Å²) in [4.78, 5) is 0. The topological polar surface area (TPSA) is 35.2 Å². The molecule has 1 aliphatic rings. The van der Waals surface area contributed by atoms with Gasteiger partial charge in [0, 0.05) is 12.6 Å². The van der Waals surface area contributed by atoms with E-state index in [1.54, 1.807) is 0 Å². The summed E-state index contributed by atoms with van der Waals surface area (Å²) in [5.74, 6) is 0.607. The Morgan fingerprint density at radius 3 is 2.67 bits per heavy atom. The lowest BCUT2D eigenvalue weighted by atomic mass is 9.97. The van der Waals surface area contributed by atoms with Crippen molar-refractivity contribution in [2.24, 2.45) is 11.7 Å². The first-order valence-electron chi connectivity index (χ1n) is 4.63. The second-order valence-corrected chi connectivity index (χ2v) is 3.92. The highest BCUT2D eigenvalue weighted by atomic mass is 16.5. The van der Waals surface area contributed by atoms with E-state index in [0.29, 0.717) is 5.92 Å². The summed E-state index contributed by atoms with van der Waals surface area (Å²) >= 11 is 0. The van der Waals surface area contributed by atoms with Crippen molar-refractivity contribution < 1.29 is 4.74 Å². The number of nitrogens with two attached hydrogens (primary N) is 1. The predicted octanol–water partition coefficient (Wildman–Crippen LogP) is 1.70. The number of hydrogen-bond donors (Lipinski definition) is 1. The van der Waals surface area contributed by atoms with Crippen LogP contribution in [0.15, 0.2) is 11.6 Å².